The normalized spacial score (nSPS) is 23.1. The molecule has 1 N–H and O–H groups in total. The third kappa shape index (κ3) is 4.31. The Kier molecular flexibility index (Phi) is 6.25. The molecule has 2 heteroatoms. The Morgan fingerprint density at radius 2 is 1.95 bits per heavy atom. The van der Waals surface area contributed by atoms with Crippen molar-refractivity contribution in [2.24, 2.45) is 11.8 Å². The Balaban J connectivity index is 2.14. The minimum atomic E-state index is 0.602. The first-order valence-electron chi connectivity index (χ1n) is 8.63. The van der Waals surface area contributed by atoms with Gasteiger partial charge >= 0.3 is 0 Å². The molecule has 1 saturated heterocycles. The first kappa shape index (κ1) is 16.5. The SMILES string of the molecule is CCCN1CCC(CNC)C1c1ccc(CC(C)C)cc1. The maximum atomic E-state index is 3.38. The maximum Gasteiger partial charge on any atom is 0.0388 e. The molecule has 1 aromatic rings. The van der Waals surface area contributed by atoms with Crippen molar-refractivity contribution in [3.63, 3.8) is 0 Å². The summed E-state index contributed by atoms with van der Waals surface area (Å²) in [5.74, 6) is 1.48. The van der Waals surface area contributed by atoms with Crippen molar-refractivity contribution in [1.29, 1.82) is 0 Å². The Labute approximate surface area is 130 Å². The fourth-order valence-electron chi connectivity index (χ4n) is 3.75. The van der Waals surface area contributed by atoms with Crippen LogP contribution in [0.2, 0.25) is 0 Å². The average Bonchev–Trinajstić information content (AvgIpc) is 2.83. The highest BCUT2D eigenvalue weighted by Crippen LogP contribution is 2.37. The van der Waals surface area contributed by atoms with Crippen LogP contribution in [0, 0.1) is 11.8 Å². The molecule has 0 radical (unpaired) electrons. The van der Waals surface area contributed by atoms with Crippen molar-refractivity contribution in [2.75, 3.05) is 26.7 Å². The van der Waals surface area contributed by atoms with Gasteiger partial charge in [-0.3, -0.25) is 4.90 Å². The van der Waals surface area contributed by atoms with Crippen LogP contribution in [0.5, 0.6) is 0 Å². The van der Waals surface area contributed by atoms with Crippen LogP contribution in [-0.2, 0) is 6.42 Å². The van der Waals surface area contributed by atoms with Crippen molar-refractivity contribution >= 4 is 0 Å². The summed E-state index contributed by atoms with van der Waals surface area (Å²) in [6, 6.07) is 10.0. The molecule has 1 aliphatic rings. The van der Waals surface area contributed by atoms with Crippen LogP contribution >= 0.6 is 0 Å². The van der Waals surface area contributed by atoms with E-state index in [1.807, 2.05) is 0 Å². The minimum absolute atomic E-state index is 0.602. The predicted molar refractivity (Wildman–Crippen MR) is 91.6 cm³/mol. The first-order chi connectivity index (χ1) is 10.2. The Bertz CT molecular complexity index is 396. The van der Waals surface area contributed by atoms with Gasteiger partial charge in [0.05, 0.1) is 0 Å². The molecule has 2 rings (SSSR count). The quantitative estimate of drug-likeness (QED) is 0.819. The van der Waals surface area contributed by atoms with Gasteiger partial charge in [0, 0.05) is 6.04 Å². The lowest BCUT2D eigenvalue weighted by Crippen LogP contribution is -2.29. The van der Waals surface area contributed by atoms with Crippen molar-refractivity contribution in [3.05, 3.63) is 35.4 Å². The fraction of sp³-hybridized carbons (Fsp3) is 0.684. The second kappa shape index (κ2) is 7.95. The summed E-state index contributed by atoms with van der Waals surface area (Å²) in [7, 11) is 2.07. The molecule has 1 aliphatic heterocycles. The van der Waals surface area contributed by atoms with Gasteiger partial charge in [-0.15, -0.1) is 0 Å². The topological polar surface area (TPSA) is 15.3 Å². The summed E-state index contributed by atoms with van der Waals surface area (Å²) >= 11 is 0. The molecule has 2 nitrogen and oxygen atoms in total. The number of benzene rings is 1. The van der Waals surface area contributed by atoms with Crippen molar-refractivity contribution in [2.45, 2.75) is 46.1 Å². The summed E-state index contributed by atoms with van der Waals surface area (Å²) < 4.78 is 0. The summed E-state index contributed by atoms with van der Waals surface area (Å²) in [6.45, 7) is 10.5. The second-order valence-corrected chi connectivity index (χ2v) is 6.93. The molecule has 2 atom stereocenters. The fourth-order valence-corrected chi connectivity index (χ4v) is 3.75. The van der Waals surface area contributed by atoms with Crippen LogP contribution in [0.4, 0.5) is 0 Å². The molecule has 0 amide bonds. The minimum Gasteiger partial charge on any atom is -0.319 e. The van der Waals surface area contributed by atoms with Crippen LogP contribution in [0.25, 0.3) is 0 Å². The molecule has 0 saturated carbocycles. The van der Waals surface area contributed by atoms with Crippen LogP contribution in [0.15, 0.2) is 24.3 Å². The Hall–Kier alpha value is -0.860. The van der Waals surface area contributed by atoms with Gasteiger partial charge in [-0.1, -0.05) is 45.0 Å². The van der Waals surface area contributed by atoms with E-state index in [-0.39, 0.29) is 0 Å². The third-order valence-electron chi connectivity index (χ3n) is 4.57. The zero-order valence-corrected chi connectivity index (χ0v) is 14.2. The number of hydrogen-bond donors (Lipinski definition) is 1. The van der Waals surface area contributed by atoms with Crippen LogP contribution in [-0.4, -0.2) is 31.6 Å². The van der Waals surface area contributed by atoms with E-state index in [2.05, 4.69) is 62.3 Å². The summed E-state index contributed by atoms with van der Waals surface area (Å²) in [6.07, 6.45) is 3.75. The number of nitrogens with one attached hydrogen (secondary N) is 1. The number of hydrogen-bond acceptors (Lipinski definition) is 2. The third-order valence-corrected chi connectivity index (χ3v) is 4.57. The Morgan fingerprint density at radius 3 is 2.52 bits per heavy atom. The van der Waals surface area contributed by atoms with E-state index < -0.39 is 0 Å². The van der Waals surface area contributed by atoms with Crippen LogP contribution in [0.1, 0.15) is 50.8 Å². The number of nitrogens with zero attached hydrogens (tertiary/aromatic N) is 1. The Morgan fingerprint density at radius 1 is 1.24 bits per heavy atom. The maximum absolute atomic E-state index is 3.38. The molecule has 0 bridgehead atoms. The molecule has 118 valence electrons. The van der Waals surface area contributed by atoms with Gasteiger partial charge in [0.1, 0.15) is 0 Å². The van der Waals surface area contributed by atoms with E-state index in [1.54, 1.807) is 0 Å². The van der Waals surface area contributed by atoms with Crippen LogP contribution < -0.4 is 5.32 Å². The van der Waals surface area contributed by atoms with Gasteiger partial charge in [0.15, 0.2) is 0 Å². The molecule has 1 fully saturated rings. The van der Waals surface area contributed by atoms with E-state index in [4.69, 9.17) is 0 Å². The van der Waals surface area contributed by atoms with E-state index >= 15 is 0 Å². The zero-order chi connectivity index (χ0) is 15.2. The largest absolute Gasteiger partial charge is 0.319 e. The van der Waals surface area contributed by atoms with E-state index in [9.17, 15) is 0 Å². The standard InChI is InChI=1S/C19H32N2/c1-5-11-21-12-10-18(14-20-4)19(21)17-8-6-16(7-9-17)13-15(2)3/h6-9,15,18-20H,5,10-14H2,1-4H3. The predicted octanol–water partition coefficient (Wildman–Crippen LogP) is 3.88. The van der Waals surface area contributed by atoms with Crippen molar-refractivity contribution in [1.82, 2.24) is 10.2 Å². The van der Waals surface area contributed by atoms with Gasteiger partial charge in [0.25, 0.3) is 0 Å². The molecule has 1 heterocycles. The summed E-state index contributed by atoms with van der Waals surface area (Å²) in [4.78, 5) is 2.68. The van der Waals surface area contributed by atoms with Crippen molar-refractivity contribution in [3.8, 4) is 0 Å². The van der Waals surface area contributed by atoms with Gasteiger partial charge < -0.3 is 5.32 Å². The molecular formula is C19H32N2. The zero-order valence-electron chi connectivity index (χ0n) is 14.2. The van der Waals surface area contributed by atoms with Gasteiger partial charge in [-0.05, 0) is 68.9 Å². The molecule has 0 aliphatic carbocycles. The van der Waals surface area contributed by atoms with Crippen molar-refractivity contribution < 1.29 is 0 Å². The van der Waals surface area contributed by atoms with Gasteiger partial charge in [0.2, 0.25) is 0 Å². The smallest absolute Gasteiger partial charge is 0.0388 e. The average molecular weight is 288 g/mol. The van der Waals surface area contributed by atoms with E-state index in [0.717, 1.165) is 18.4 Å². The lowest BCUT2D eigenvalue weighted by molar-refractivity contribution is 0.227. The number of rotatable bonds is 7. The van der Waals surface area contributed by atoms with Gasteiger partial charge in [-0.25, -0.2) is 0 Å². The number of likely N-dealkylation sites (tertiary alicyclic amines) is 1. The molecular weight excluding hydrogens is 256 g/mol. The lowest BCUT2D eigenvalue weighted by atomic mass is 9.92. The highest BCUT2D eigenvalue weighted by molar-refractivity contribution is 5.27. The molecule has 21 heavy (non-hydrogen) atoms. The molecule has 1 aromatic carbocycles. The van der Waals surface area contributed by atoms with Crippen LogP contribution in [0.3, 0.4) is 0 Å². The summed E-state index contributed by atoms with van der Waals surface area (Å²) in [5.41, 5.74) is 2.98. The highest BCUT2D eigenvalue weighted by atomic mass is 15.2. The first-order valence-corrected chi connectivity index (χ1v) is 8.63. The highest BCUT2D eigenvalue weighted by Gasteiger charge is 2.33. The summed E-state index contributed by atoms with van der Waals surface area (Å²) in [5, 5.41) is 3.38. The molecule has 0 aromatic heterocycles. The van der Waals surface area contributed by atoms with E-state index in [0.29, 0.717) is 6.04 Å². The van der Waals surface area contributed by atoms with E-state index in [1.165, 1.54) is 43.5 Å². The lowest BCUT2D eigenvalue weighted by Gasteiger charge is -2.28. The monoisotopic (exact) mass is 288 g/mol. The second-order valence-electron chi connectivity index (χ2n) is 6.93. The molecule has 0 spiro atoms. The molecule has 2 unspecified atom stereocenters. The van der Waals surface area contributed by atoms with Gasteiger partial charge in [-0.2, -0.15) is 0 Å².